The lowest BCUT2D eigenvalue weighted by Crippen LogP contribution is -2.43. The van der Waals surface area contributed by atoms with Crippen LogP contribution in [-0.4, -0.2) is 63.9 Å². The van der Waals surface area contributed by atoms with Crippen LogP contribution in [-0.2, 0) is 29.2 Å². The van der Waals surface area contributed by atoms with Gasteiger partial charge in [0.25, 0.3) is 5.56 Å². The van der Waals surface area contributed by atoms with Gasteiger partial charge in [-0.15, -0.1) is 0 Å². The van der Waals surface area contributed by atoms with Crippen LogP contribution in [0.4, 0.5) is 0 Å². The van der Waals surface area contributed by atoms with E-state index < -0.39 is 58.0 Å². The van der Waals surface area contributed by atoms with E-state index in [2.05, 4.69) is 13.8 Å². The van der Waals surface area contributed by atoms with Crippen LogP contribution >= 0.6 is 27.2 Å². The molecule has 0 amide bonds. The summed E-state index contributed by atoms with van der Waals surface area (Å²) in [6, 6.07) is 11.5. The monoisotopic (exact) mass is 605 g/mol. The Labute approximate surface area is 224 Å². The van der Waals surface area contributed by atoms with Crippen molar-refractivity contribution in [2.24, 2.45) is 0 Å². The third-order valence-electron chi connectivity index (χ3n) is 5.63. The molecule has 4 rings (SSSR count). The summed E-state index contributed by atoms with van der Waals surface area (Å²) in [6.45, 7) is -1.19. The molecule has 0 aliphatic carbocycles. The van der Waals surface area contributed by atoms with Crippen molar-refractivity contribution in [2.45, 2.75) is 31.1 Å². The molecule has 1 aliphatic heterocycles. The minimum absolute atomic E-state index is 0.245. The predicted octanol–water partition coefficient (Wildman–Crippen LogP) is 0.619. The van der Waals surface area contributed by atoms with Gasteiger partial charge in [-0.05, 0) is 35.4 Å². The van der Waals surface area contributed by atoms with Gasteiger partial charge in [-0.25, -0.2) is 13.9 Å². The van der Waals surface area contributed by atoms with Gasteiger partial charge >= 0.3 is 21.3 Å². The van der Waals surface area contributed by atoms with Crippen molar-refractivity contribution in [1.82, 2.24) is 14.1 Å². The number of phosphoric acid groups is 2. The number of aliphatic hydroxyl groups excluding tert-OH is 2. The molecule has 5 atom stereocenters. The number of pyridine rings is 1. The van der Waals surface area contributed by atoms with E-state index in [-0.39, 0.29) is 6.54 Å². The third kappa shape index (κ3) is 7.17. The summed E-state index contributed by atoms with van der Waals surface area (Å²) in [7, 11) is -10.6. The van der Waals surface area contributed by atoms with Gasteiger partial charge in [-0.3, -0.25) is 23.4 Å². The maximum absolute atomic E-state index is 13.2. The minimum Gasteiger partial charge on any atom is -0.387 e. The number of phosphoric ester groups is 1. The molecular weight excluding hydrogens is 584 g/mol. The van der Waals surface area contributed by atoms with Crippen LogP contribution in [0.15, 0.2) is 64.4 Å². The van der Waals surface area contributed by atoms with E-state index in [9.17, 15) is 33.8 Å². The maximum Gasteiger partial charge on any atom is 0.481 e. The molecule has 39 heavy (non-hydrogen) atoms. The summed E-state index contributed by atoms with van der Waals surface area (Å²) < 4.78 is 37.7. The van der Waals surface area contributed by atoms with Crippen LogP contribution in [0.3, 0.4) is 0 Å². The first-order valence-electron chi connectivity index (χ1n) is 11.0. The summed E-state index contributed by atoms with van der Waals surface area (Å²) in [4.78, 5) is 56.7. The molecule has 3 unspecified atom stereocenters. The van der Waals surface area contributed by atoms with Crippen molar-refractivity contribution in [2.75, 3.05) is 6.61 Å². The smallest absolute Gasteiger partial charge is 0.387 e. The normalized spacial score (nSPS) is 23.0. The summed E-state index contributed by atoms with van der Waals surface area (Å²) in [6.07, 6.45) is -4.04. The topological polar surface area (TPSA) is 220 Å². The lowest BCUT2D eigenvalue weighted by molar-refractivity contribution is -0.0547. The lowest BCUT2D eigenvalue weighted by Gasteiger charge is -2.19. The largest absolute Gasteiger partial charge is 0.481 e. The zero-order valence-electron chi connectivity index (χ0n) is 19.6. The molecule has 1 aromatic carbocycles. The number of nitrogens with zero attached hydrogens (tertiary/aromatic N) is 3. The lowest BCUT2D eigenvalue weighted by atomic mass is 10.1. The van der Waals surface area contributed by atoms with Crippen molar-refractivity contribution in [3.63, 3.8) is 0 Å². The molecule has 1 saturated heterocycles. The van der Waals surface area contributed by atoms with E-state index in [1.807, 2.05) is 0 Å². The molecule has 3 aromatic rings. The number of hydrogen-bond donors (Lipinski definition) is 5. The van der Waals surface area contributed by atoms with Crippen LogP contribution in [0.5, 0.6) is 0 Å². The highest BCUT2D eigenvalue weighted by atomic mass is 35.5. The van der Waals surface area contributed by atoms with Gasteiger partial charge in [0.05, 0.1) is 18.8 Å². The van der Waals surface area contributed by atoms with Gasteiger partial charge in [0, 0.05) is 23.5 Å². The second-order valence-corrected chi connectivity index (χ2v) is 11.6. The molecule has 5 N–H and O–H groups in total. The molecule has 1 fully saturated rings. The number of hydrogen-bond acceptors (Lipinski definition) is 10. The van der Waals surface area contributed by atoms with Crippen molar-refractivity contribution in [3.05, 3.63) is 86.4 Å². The molecule has 18 heteroatoms. The molecule has 0 radical (unpaired) electrons. The molecule has 0 saturated carbocycles. The first-order chi connectivity index (χ1) is 18.2. The van der Waals surface area contributed by atoms with E-state index in [1.165, 1.54) is 6.20 Å². The summed E-state index contributed by atoms with van der Waals surface area (Å²) in [5.41, 5.74) is 0.340. The summed E-state index contributed by atoms with van der Waals surface area (Å²) >= 11 is 5.93. The number of rotatable bonds is 9. The Balaban J connectivity index is 1.55. The molecule has 1 aliphatic rings. The maximum atomic E-state index is 13.2. The highest BCUT2D eigenvalue weighted by Crippen LogP contribution is 2.57. The second-order valence-electron chi connectivity index (χ2n) is 8.36. The van der Waals surface area contributed by atoms with Gasteiger partial charge in [0.15, 0.2) is 6.23 Å². The van der Waals surface area contributed by atoms with Crippen LogP contribution in [0.25, 0.3) is 11.1 Å². The van der Waals surface area contributed by atoms with Gasteiger partial charge in [-0.1, -0.05) is 23.7 Å². The average molecular weight is 606 g/mol. The molecular formula is C21H22ClN3O12P2. The van der Waals surface area contributed by atoms with E-state index >= 15 is 0 Å². The summed E-state index contributed by atoms with van der Waals surface area (Å²) in [5, 5.41) is 21.3. The molecule has 0 bridgehead atoms. The number of benzene rings is 1. The Hall–Kier alpha value is -2.52. The zero-order valence-corrected chi connectivity index (χ0v) is 22.2. The quantitative estimate of drug-likeness (QED) is 0.211. The molecule has 2 aromatic heterocycles. The van der Waals surface area contributed by atoms with Crippen molar-refractivity contribution in [3.8, 4) is 11.1 Å². The standard InChI is InChI=1S/C21H22ClN3O12P2/c22-14-3-1-12(2-4-14)13-5-7-23-15(9-13)10-25-17(26)6-8-24(21(25)29)20-19(28)18(27)16(36-20)11-35-39(33,34)37-38(30,31)32/h1-9,16,18-20,27-28H,10-11H2,(H,33,34)(H2,30,31,32)/t16-,18?,19?,20-/m1/s1. The Morgan fingerprint density at radius 1 is 1.00 bits per heavy atom. The first kappa shape index (κ1) is 29.5. The van der Waals surface area contributed by atoms with Crippen molar-refractivity contribution >= 4 is 27.2 Å². The Kier molecular flexibility index (Phi) is 8.71. The minimum atomic E-state index is -5.38. The van der Waals surface area contributed by atoms with E-state index in [4.69, 9.17) is 26.1 Å². The Bertz CT molecular complexity index is 1560. The fourth-order valence-corrected chi connectivity index (χ4v) is 5.57. The molecule has 210 valence electrons. The van der Waals surface area contributed by atoms with Crippen LogP contribution < -0.4 is 11.2 Å². The fraction of sp³-hybridized carbons (Fsp3) is 0.286. The van der Waals surface area contributed by atoms with Crippen LogP contribution in [0, 0.1) is 0 Å². The van der Waals surface area contributed by atoms with Gasteiger partial charge in [0.1, 0.15) is 18.3 Å². The molecule has 15 nitrogen and oxygen atoms in total. The van der Waals surface area contributed by atoms with Gasteiger partial charge < -0.3 is 29.6 Å². The second kappa shape index (κ2) is 11.5. The molecule has 0 spiro atoms. The fourth-order valence-electron chi connectivity index (χ4n) is 3.84. The zero-order chi connectivity index (χ0) is 28.5. The van der Waals surface area contributed by atoms with Gasteiger partial charge in [-0.2, -0.15) is 4.31 Å². The van der Waals surface area contributed by atoms with Gasteiger partial charge in [0.2, 0.25) is 0 Å². The number of aromatic nitrogens is 3. The van der Waals surface area contributed by atoms with Crippen LogP contribution in [0.1, 0.15) is 11.9 Å². The average Bonchev–Trinajstić information content (AvgIpc) is 3.13. The number of aliphatic hydroxyl groups is 2. The third-order valence-corrected chi connectivity index (χ3v) is 8.04. The van der Waals surface area contributed by atoms with E-state index in [0.29, 0.717) is 10.7 Å². The number of halogens is 1. The predicted molar refractivity (Wildman–Crippen MR) is 134 cm³/mol. The highest BCUT2D eigenvalue weighted by Gasteiger charge is 2.46. The number of ether oxygens (including phenoxy) is 1. The summed E-state index contributed by atoms with van der Waals surface area (Å²) in [5.74, 6) is 0. The van der Waals surface area contributed by atoms with Crippen molar-refractivity contribution < 1.29 is 47.6 Å². The van der Waals surface area contributed by atoms with E-state index in [1.54, 1.807) is 36.4 Å². The van der Waals surface area contributed by atoms with Crippen LogP contribution in [0.2, 0.25) is 5.02 Å². The van der Waals surface area contributed by atoms with E-state index in [0.717, 1.165) is 32.5 Å². The Morgan fingerprint density at radius 3 is 2.36 bits per heavy atom. The molecule has 3 heterocycles. The van der Waals surface area contributed by atoms with Crippen molar-refractivity contribution in [1.29, 1.82) is 0 Å². The Morgan fingerprint density at radius 2 is 1.69 bits per heavy atom. The highest BCUT2D eigenvalue weighted by molar-refractivity contribution is 7.60. The first-order valence-corrected chi connectivity index (χ1v) is 14.4. The SMILES string of the molecule is O=c1ccn([C@@H]2O[C@H](COP(=O)(O)OP(=O)(O)O)C(O)C2O)c(=O)n1Cc1cc(-c2ccc(Cl)cc2)ccn1.